The van der Waals surface area contributed by atoms with Gasteiger partial charge in [-0.1, -0.05) is 35.3 Å². The molecule has 0 aliphatic carbocycles. The number of carbonyl (C=O) groups is 1. The Balaban J connectivity index is 1.66. The van der Waals surface area contributed by atoms with Crippen molar-refractivity contribution in [2.75, 3.05) is 49.5 Å². The topological polar surface area (TPSA) is 46.0 Å². The Morgan fingerprint density at radius 2 is 1.93 bits per heavy atom. The summed E-state index contributed by atoms with van der Waals surface area (Å²) in [6.45, 7) is 7.29. The van der Waals surface area contributed by atoms with Crippen molar-refractivity contribution >= 4 is 40.5 Å². The van der Waals surface area contributed by atoms with E-state index in [1.165, 1.54) is 0 Å². The molecule has 0 saturated carbocycles. The second-order valence-corrected chi connectivity index (χ2v) is 7.36. The van der Waals surface area contributed by atoms with Crippen LogP contribution in [0.2, 0.25) is 10.0 Å². The number of ether oxygens (including phenoxy) is 1. The van der Waals surface area contributed by atoms with E-state index in [4.69, 9.17) is 27.9 Å². The third-order valence-electron chi connectivity index (χ3n) is 4.74. The molecule has 27 heavy (non-hydrogen) atoms. The SMILES string of the molecule is CC[NH+]1CCN(c2ccc(Cl)cc2NC(=O)COc2ccccc2Cl)CC1. The minimum atomic E-state index is -0.253. The maximum absolute atomic E-state index is 12.4. The number of likely N-dealkylation sites (N-methyl/N-ethyl adjacent to an activating group) is 1. The van der Waals surface area contributed by atoms with Gasteiger partial charge in [-0.15, -0.1) is 0 Å². The van der Waals surface area contributed by atoms with Crippen LogP contribution in [0.5, 0.6) is 5.75 Å². The Morgan fingerprint density at radius 3 is 2.63 bits per heavy atom. The van der Waals surface area contributed by atoms with Crippen molar-refractivity contribution in [2.24, 2.45) is 0 Å². The first-order valence-corrected chi connectivity index (χ1v) is 9.87. The minimum Gasteiger partial charge on any atom is -0.482 e. The zero-order valence-electron chi connectivity index (χ0n) is 15.3. The van der Waals surface area contributed by atoms with Gasteiger partial charge in [-0.25, -0.2) is 0 Å². The number of amides is 1. The molecule has 1 aliphatic rings. The van der Waals surface area contributed by atoms with Gasteiger partial charge in [0.15, 0.2) is 6.61 Å². The van der Waals surface area contributed by atoms with Gasteiger partial charge in [-0.3, -0.25) is 4.79 Å². The van der Waals surface area contributed by atoms with Crippen molar-refractivity contribution in [1.82, 2.24) is 0 Å². The van der Waals surface area contributed by atoms with Crippen LogP contribution in [0.3, 0.4) is 0 Å². The van der Waals surface area contributed by atoms with Gasteiger partial charge in [-0.2, -0.15) is 0 Å². The molecule has 7 heteroatoms. The van der Waals surface area contributed by atoms with E-state index in [9.17, 15) is 4.79 Å². The number of para-hydroxylation sites is 1. The molecule has 0 radical (unpaired) electrons. The van der Waals surface area contributed by atoms with Gasteiger partial charge < -0.3 is 19.9 Å². The lowest BCUT2D eigenvalue weighted by atomic mass is 10.2. The van der Waals surface area contributed by atoms with Crippen molar-refractivity contribution in [2.45, 2.75) is 6.92 Å². The number of hydrogen-bond acceptors (Lipinski definition) is 3. The second kappa shape index (κ2) is 9.31. The highest BCUT2D eigenvalue weighted by atomic mass is 35.5. The molecular weight excluding hydrogens is 385 g/mol. The highest BCUT2D eigenvalue weighted by Gasteiger charge is 2.21. The second-order valence-electron chi connectivity index (χ2n) is 6.52. The molecule has 3 rings (SSSR count). The summed E-state index contributed by atoms with van der Waals surface area (Å²) in [5.41, 5.74) is 1.69. The van der Waals surface area contributed by atoms with Crippen LogP contribution in [0.15, 0.2) is 42.5 Å². The van der Waals surface area contributed by atoms with Gasteiger partial charge >= 0.3 is 0 Å². The fraction of sp³-hybridized carbons (Fsp3) is 0.350. The third-order valence-corrected chi connectivity index (χ3v) is 5.29. The van der Waals surface area contributed by atoms with E-state index in [0.29, 0.717) is 21.5 Å². The van der Waals surface area contributed by atoms with Gasteiger partial charge in [0, 0.05) is 5.02 Å². The van der Waals surface area contributed by atoms with E-state index < -0.39 is 0 Å². The van der Waals surface area contributed by atoms with E-state index in [1.54, 1.807) is 23.1 Å². The van der Waals surface area contributed by atoms with E-state index in [1.807, 2.05) is 24.3 Å². The Labute approximate surface area is 169 Å². The molecule has 0 aromatic heterocycles. The van der Waals surface area contributed by atoms with E-state index in [0.717, 1.165) is 38.4 Å². The number of rotatable bonds is 6. The van der Waals surface area contributed by atoms with Gasteiger partial charge in [0.05, 0.1) is 49.1 Å². The van der Waals surface area contributed by atoms with Crippen LogP contribution in [0.4, 0.5) is 11.4 Å². The normalized spacial score (nSPS) is 14.9. The fourth-order valence-corrected chi connectivity index (χ4v) is 3.56. The van der Waals surface area contributed by atoms with Crippen molar-refractivity contribution in [3.05, 3.63) is 52.5 Å². The van der Waals surface area contributed by atoms with Crippen LogP contribution < -0.4 is 19.9 Å². The molecule has 1 saturated heterocycles. The molecule has 1 amide bonds. The zero-order chi connectivity index (χ0) is 19.2. The van der Waals surface area contributed by atoms with Crippen LogP contribution in [-0.2, 0) is 4.79 Å². The zero-order valence-corrected chi connectivity index (χ0v) is 16.8. The first kappa shape index (κ1) is 19.8. The maximum Gasteiger partial charge on any atom is 0.262 e. The van der Waals surface area contributed by atoms with Crippen molar-refractivity contribution < 1.29 is 14.4 Å². The number of anilines is 2. The monoisotopic (exact) mass is 408 g/mol. The lowest BCUT2D eigenvalue weighted by Crippen LogP contribution is -3.14. The van der Waals surface area contributed by atoms with E-state index >= 15 is 0 Å². The average molecular weight is 409 g/mol. The highest BCUT2D eigenvalue weighted by molar-refractivity contribution is 6.32. The number of halogens is 2. The molecule has 0 spiro atoms. The van der Waals surface area contributed by atoms with Crippen LogP contribution in [-0.4, -0.2) is 45.2 Å². The largest absolute Gasteiger partial charge is 0.482 e. The van der Waals surface area contributed by atoms with Crippen LogP contribution in [0.25, 0.3) is 0 Å². The Hall–Kier alpha value is -1.95. The number of nitrogens with one attached hydrogen (secondary N) is 2. The Bertz CT molecular complexity index is 793. The third kappa shape index (κ3) is 5.28. The summed E-state index contributed by atoms with van der Waals surface area (Å²) in [5, 5.41) is 3.98. The smallest absolute Gasteiger partial charge is 0.262 e. The molecular formula is C20H24Cl2N3O2+. The van der Waals surface area contributed by atoms with Crippen LogP contribution in [0, 0.1) is 0 Å². The van der Waals surface area contributed by atoms with Gasteiger partial charge in [0.25, 0.3) is 5.91 Å². The molecule has 144 valence electrons. The molecule has 5 nitrogen and oxygen atoms in total. The van der Waals surface area contributed by atoms with E-state index in [2.05, 4.69) is 17.1 Å². The maximum atomic E-state index is 12.4. The summed E-state index contributed by atoms with van der Waals surface area (Å²) >= 11 is 12.2. The number of hydrogen-bond donors (Lipinski definition) is 2. The van der Waals surface area contributed by atoms with Crippen molar-refractivity contribution in [1.29, 1.82) is 0 Å². The number of piperazine rings is 1. The first-order valence-electron chi connectivity index (χ1n) is 9.12. The van der Waals surface area contributed by atoms with E-state index in [-0.39, 0.29) is 12.5 Å². The minimum absolute atomic E-state index is 0.122. The number of quaternary nitrogens is 1. The molecule has 0 unspecified atom stereocenters. The molecule has 2 N–H and O–H groups in total. The Morgan fingerprint density at radius 1 is 1.19 bits per heavy atom. The predicted molar refractivity (Wildman–Crippen MR) is 110 cm³/mol. The standard InChI is InChI=1S/C20H23Cl2N3O2/c1-2-24-9-11-25(12-10-24)18-8-7-15(21)13-17(18)23-20(26)14-27-19-6-4-3-5-16(19)22/h3-8,13H,2,9-12,14H2,1H3,(H,23,26)/p+1. The summed E-state index contributed by atoms with van der Waals surface area (Å²) in [5.74, 6) is 0.232. The summed E-state index contributed by atoms with van der Waals surface area (Å²) in [6, 6.07) is 12.7. The van der Waals surface area contributed by atoms with Crippen molar-refractivity contribution in [3.63, 3.8) is 0 Å². The van der Waals surface area contributed by atoms with Crippen LogP contribution >= 0.6 is 23.2 Å². The predicted octanol–water partition coefficient (Wildman–Crippen LogP) is 2.74. The summed E-state index contributed by atoms with van der Waals surface area (Å²) in [4.78, 5) is 16.3. The molecule has 1 fully saturated rings. The molecule has 2 aromatic carbocycles. The molecule has 0 bridgehead atoms. The summed E-state index contributed by atoms with van der Waals surface area (Å²) in [6.07, 6.45) is 0. The molecule has 1 heterocycles. The Kier molecular flexibility index (Phi) is 6.83. The first-order chi connectivity index (χ1) is 13.1. The van der Waals surface area contributed by atoms with Gasteiger partial charge in [-0.05, 0) is 37.3 Å². The molecule has 2 aromatic rings. The number of nitrogens with zero attached hydrogens (tertiary/aromatic N) is 1. The summed E-state index contributed by atoms with van der Waals surface area (Å²) in [7, 11) is 0. The molecule has 0 atom stereocenters. The fourth-order valence-electron chi connectivity index (χ4n) is 3.19. The quantitative estimate of drug-likeness (QED) is 0.772. The lowest BCUT2D eigenvalue weighted by molar-refractivity contribution is -0.898. The van der Waals surface area contributed by atoms with Crippen LogP contribution in [0.1, 0.15) is 6.92 Å². The summed E-state index contributed by atoms with van der Waals surface area (Å²) < 4.78 is 5.52. The van der Waals surface area contributed by atoms with Gasteiger partial charge in [0.2, 0.25) is 0 Å². The average Bonchev–Trinajstić information content (AvgIpc) is 2.68. The van der Waals surface area contributed by atoms with Gasteiger partial charge in [0.1, 0.15) is 5.75 Å². The molecule has 1 aliphatic heterocycles. The highest BCUT2D eigenvalue weighted by Crippen LogP contribution is 2.29. The number of benzene rings is 2. The lowest BCUT2D eigenvalue weighted by Gasteiger charge is -2.34. The van der Waals surface area contributed by atoms with Crippen molar-refractivity contribution in [3.8, 4) is 5.75 Å². The number of carbonyl (C=O) groups excluding carboxylic acids is 1.